The molecule has 3 aromatic carbocycles. The van der Waals surface area contributed by atoms with Gasteiger partial charge in [-0.05, 0) is 68.3 Å². The highest BCUT2D eigenvalue weighted by Crippen LogP contribution is 2.30. The van der Waals surface area contributed by atoms with Crippen LogP contribution in [0, 0.1) is 6.92 Å². The van der Waals surface area contributed by atoms with Crippen LogP contribution < -0.4 is 9.62 Å². The predicted molar refractivity (Wildman–Crippen MR) is 152 cm³/mol. The lowest BCUT2D eigenvalue weighted by Gasteiger charge is -2.32. The van der Waals surface area contributed by atoms with Crippen LogP contribution in [-0.2, 0) is 26.2 Å². The van der Waals surface area contributed by atoms with E-state index in [0.29, 0.717) is 32.7 Å². The van der Waals surface area contributed by atoms with Crippen molar-refractivity contribution in [3.05, 3.63) is 92.9 Å². The number of anilines is 1. The highest BCUT2D eigenvalue weighted by Gasteiger charge is 2.33. The molecule has 0 aliphatic heterocycles. The van der Waals surface area contributed by atoms with Crippen LogP contribution in [0.4, 0.5) is 5.69 Å². The molecule has 7 nitrogen and oxygen atoms in total. The summed E-state index contributed by atoms with van der Waals surface area (Å²) in [5.74, 6) is -0.967. The van der Waals surface area contributed by atoms with E-state index in [2.05, 4.69) is 5.32 Å². The first-order valence-electron chi connectivity index (χ1n) is 11.8. The van der Waals surface area contributed by atoms with E-state index in [4.69, 9.17) is 34.8 Å². The molecule has 3 aromatic rings. The summed E-state index contributed by atoms with van der Waals surface area (Å²) in [6.45, 7) is 4.89. The number of carbonyl (C=O) groups excluding carboxylic acids is 2. The molecule has 0 bridgehead atoms. The molecule has 2 amide bonds. The minimum absolute atomic E-state index is 0.00176. The maximum atomic E-state index is 13.9. The number of halogens is 3. The van der Waals surface area contributed by atoms with Gasteiger partial charge in [-0.1, -0.05) is 65.1 Å². The molecule has 202 valence electrons. The Labute approximate surface area is 238 Å². The Hall–Kier alpha value is -2.78. The fourth-order valence-electron chi connectivity index (χ4n) is 3.82. The van der Waals surface area contributed by atoms with Crippen LogP contribution in [0.5, 0.6) is 0 Å². The molecule has 0 aromatic heterocycles. The van der Waals surface area contributed by atoms with Crippen molar-refractivity contribution in [3.8, 4) is 0 Å². The van der Waals surface area contributed by atoms with Gasteiger partial charge in [0.15, 0.2) is 0 Å². The van der Waals surface area contributed by atoms with E-state index in [1.165, 1.54) is 23.1 Å². The van der Waals surface area contributed by atoms with E-state index in [0.717, 1.165) is 4.31 Å². The quantitative estimate of drug-likeness (QED) is 0.325. The minimum atomic E-state index is -4.18. The second-order valence-corrected chi connectivity index (χ2v) is 11.7. The third kappa shape index (κ3) is 6.99. The molecule has 0 unspecified atom stereocenters. The number of rotatable bonds is 10. The van der Waals surface area contributed by atoms with Gasteiger partial charge >= 0.3 is 0 Å². The molecule has 0 saturated heterocycles. The Morgan fingerprint density at radius 3 is 2.26 bits per heavy atom. The third-order valence-electron chi connectivity index (χ3n) is 5.91. The lowest BCUT2D eigenvalue weighted by molar-refractivity contribution is -0.139. The van der Waals surface area contributed by atoms with Gasteiger partial charge in [-0.15, -0.1) is 0 Å². The molecule has 1 N–H and O–H groups in total. The molecule has 38 heavy (non-hydrogen) atoms. The lowest BCUT2D eigenvalue weighted by atomic mass is 10.1. The molecule has 0 fully saturated rings. The van der Waals surface area contributed by atoms with Gasteiger partial charge in [0.2, 0.25) is 11.8 Å². The van der Waals surface area contributed by atoms with Crippen molar-refractivity contribution in [3.63, 3.8) is 0 Å². The van der Waals surface area contributed by atoms with E-state index in [1.54, 1.807) is 69.3 Å². The maximum absolute atomic E-state index is 13.9. The predicted octanol–water partition coefficient (Wildman–Crippen LogP) is 5.70. The molecule has 0 spiro atoms. The molecule has 0 radical (unpaired) electrons. The fraction of sp³-hybridized carbons (Fsp3) is 0.259. The molecule has 0 saturated carbocycles. The smallest absolute Gasteiger partial charge is 0.264 e. The number of sulfonamides is 1. The van der Waals surface area contributed by atoms with Gasteiger partial charge in [0.1, 0.15) is 12.6 Å². The molecule has 3 rings (SSSR count). The molecule has 0 heterocycles. The Bertz CT molecular complexity index is 1420. The molecule has 11 heteroatoms. The van der Waals surface area contributed by atoms with Crippen molar-refractivity contribution in [2.24, 2.45) is 0 Å². The number of amides is 2. The first-order valence-corrected chi connectivity index (χ1v) is 14.4. The van der Waals surface area contributed by atoms with Crippen LogP contribution in [-0.4, -0.2) is 44.3 Å². The number of carbonyl (C=O) groups is 2. The van der Waals surface area contributed by atoms with Gasteiger partial charge in [-0.3, -0.25) is 13.9 Å². The van der Waals surface area contributed by atoms with E-state index in [1.807, 2.05) is 0 Å². The summed E-state index contributed by atoms with van der Waals surface area (Å²) < 4.78 is 28.6. The summed E-state index contributed by atoms with van der Waals surface area (Å²) in [5.41, 5.74) is 1.49. The molecular weight excluding hydrogens is 569 g/mol. The topological polar surface area (TPSA) is 86.8 Å². The van der Waals surface area contributed by atoms with Crippen molar-refractivity contribution in [2.75, 3.05) is 17.4 Å². The van der Waals surface area contributed by atoms with Crippen LogP contribution in [0.2, 0.25) is 15.1 Å². The zero-order valence-electron chi connectivity index (χ0n) is 21.1. The van der Waals surface area contributed by atoms with Crippen LogP contribution in [0.15, 0.2) is 71.6 Å². The van der Waals surface area contributed by atoms with Crippen molar-refractivity contribution in [1.29, 1.82) is 0 Å². The summed E-state index contributed by atoms with van der Waals surface area (Å²) in [5, 5.41) is 3.67. The molecule has 1 atom stereocenters. The Morgan fingerprint density at radius 1 is 0.947 bits per heavy atom. The second kappa shape index (κ2) is 12.8. The zero-order chi connectivity index (χ0) is 28.0. The average Bonchev–Trinajstić information content (AvgIpc) is 2.89. The van der Waals surface area contributed by atoms with E-state index >= 15 is 0 Å². The Balaban J connectivity index is 2.07. The van der Waals surface area contributed by atoms with E-state index in [9.17, 15) is 18.0 Å². The van der Waals surface area contributed by atoms with Crippen molar-refractivity contribution in [2.45, 2.75) is 38.3 Å². The standard InChI is InChI=1S/C27H28Cl3N3O4S/c1-4-31-27(35)19(3)32(16-20-11-13-23(29)24(30)14-20)26(34)17-33(25-15-21(28)12-10-18(25)2)38(36,37)22-8-6-5-7-9-22/h5-15,19H,4,16-17H2,1-3H3,(H,31,35)/t19-/m0/s1. The Morgan fingerprint density at radius 2 is 1.63 bits per heavy atom. The monoisotopic (exact) mass is 595 g/mol. The van der Waals surface area contributed by atoms with Gasteiger partial charge < -0.3 is 10.2 Å². The van der Waals surface area contributed by atoms with Gasteiger partial charge in [0.05, 0.1) is 20.6 Å². The third-order valence-corrected chi connectivity index (χ3v) is 8.65. The number of aryl methyl sites for hydroxylation is 1. The maximum Gasteiger partial charge on any atom is 0.264 e. The molecular formula is C27H28Cl3N3O4S. The average molecular weight is 597 g/mol. The van der Waals surface area contributed by atoms with Crippen LogP contribution in [0.3, 0.4) is 0 Å². The van der Waals surface area contributed by atoms with Gasteiger partial charge in [0.25, 0.3) is 10.0 Å². The van der Waals surface area contributed by atoms with Crippen LogP contribution in [0.1, 0.15) is 25.0 Å². The highest BCUT2D eigenvalue weighted by molar-refractivity contribution is 7.92. The van der Waals surface area contributed by atoms with E-state index in [-0.39, 0.29) is 23.0 Å². The summed E-state index contributed by atoms with van der Waals surface area (Å²) >= 11 is 18.4. The normalized spacial score (nSPS) is 12.1. The summed E-state index contributed by atoms with van der Waals surface area (Å²) in [6, 6.07) is 16.6. The van der Waals surface area contributed by atoms with Gasteiger partial charge in [-0.25, -0.2) is 8.42 Å². The number of hydrogen-bond acceptors (Lipinski definition) is 4. The first kappa shape index (κ1) is 29.8. The van der Waals surface area contributed by atoms with Gasteiger partial charge in [-0.2, -0.15) is 0 Å². The molecule has 0 aliphatic rings. The largest absolute Gasteiger partial charge is 0.355 e. The van der Waals surface area contributed by atoms with Crippen molar-refractivity contribution < 1.29 is 18.0 Å². The van der Waals surface area contributed by atoms with Crippen LogP contribution >= 0.6 is 34.8 Å². The SMILES string of the molecule is CCNC(=O)[C@H](C)N(Cc1ccc(Cl)c(Cl)c1)C(=O)CN(c1cc(Cl)ccc1C)S(=O)(=O)c1ccccc1. The summed E-state index contributed by atoms with van der Waals surface area (Å²) in [6.07, 6.45) is 0. The minimum Gasteiger partial charge on any atom is -0.355 e. The van der Waals surface area contributed by atoms with Crippen LogP contribution in [0.25, 0.3) is 0 Å². The molecule has 0 aliphatic carbocycles. The van der Waals surface area contributed by atoms with Crippen molar-refractivity contribution in [1.82, 2.24) is 10.2 Å². The number of nitrogens with one attached hydrogen (secondary N) is 1. The summed E-state index contributed by atoms with van der Waals surface area (Å²) in [4.78, 5) is 28.0. The van der Waals surface area contributed by atoms with Gasteiger partial charge in [0, 0.05) is 18.1 Å². The van der Waals surface area contributed by atoms with E-state index < -0.39 is 28.5 Å². The number of nitrogens with zero attached hydrogens (tertiary/aromatic N) is 2. The zero-order valence-corrected chi connectivity index (χ0v) is 24.2. The number of hydrogen-bond donors (Lipinski definition) is 1. The Kier molecular flexibility index (Phi) is 10.1. The summed E-state index contributed by atoms with van der Waals surface area (Å²) in [7, 11) is -4.18. The number of likely N-dealkylation sites (N-methyl/N-ethyl adjacent to an activating group) is 1. The highest BCUT2D eigenvalue weighted by atomic mass is 35.5. The van der Waals surface area contributed by atoms with Crippen molar-refractivity contribution >= 4 is 62.3 Å². The first-order chi connectivity index (χ1) is 17.9. The second-order valence-electron chi connectivity index (χ2n) is 8.60. The number of benzene rings is 3. The lowest BCUT2D eigenvalue weighted by Crippen LogP contribution is -2.51. The fourth-order valence-corrected chi connectivity index (χ4v) is 5.80.